The van der Waals surface area contributed by atoms with Gasteiger partial charge in [0.15, 0.2) is 22.0 Å². The summed E-state index contributed by atoms with van der Waals surface area (Å²) in [6.07, 6.45) is -0.737. The molecule has 12 heteroatoms. The molecule has 0 aliphatic carbocycles. The molecule has 0 aromatic carbocycles. The number of nitrogens with zero attached hydrogens (tertiary/aromatic N) is 6. The SMILES string of the molecule is Cc1nnc(SC[C@H]2O[C@@H](n3cnc4c(N)ncnc43)[C@H](O)[C@@H]2O)s1. The maximum absolute atomic E-state index is 10.4. The number of nitrogens with two attached hydrogens (primary N) is 1. The van der Waals surface area contributed by atoms with Crippen LogP contribution in [0.4, 0.5) is 5.82 Å². The van der Waals surface area contributed by atoms with Gasteiger partial charge in [0, 0.05) is 5.75 Å². The number of fused-ring (bicyclic) bond motifs is 1. The van der Waals surface area contributed by atoms with E-state index >= 15 is 0 Å². The van der Waals surface area contributed by atoms with E-state index < -0.39 is 24.5 Å². The number of aryl methyl sites for hydroxylation is 1. The van der Waals surface area contributed by atoms with Crippen molar-refractivity contribution in [2.24, 2.45) is 0 Å². The molecular formula is C13H15N7O3S2. The van der Waals surface area contributed by atoms with E-state index in [0.717, 1.165) is 9.35 Å². The largest absolute Gasteiger partial charge is 0.387 e. The van der Waals surface area contributed by atoms with E-state index in [1.807, 2.05) is 6.92 Å². The Kier molecular flexibility index (Phi) is 4.29. The lowest BCUT2D eigenvalue weighted by atomic mass is 10.1. The van der Waals surface area contributed by atoms with Crippen LogP contribution in [0, 0.1) is 6.92 Å². The zero-order chi connectivity index (χ0) is 17.6. The Bertz CT molecular complexity index is 901. The van der Waals surface area contributed by atoms with Crippen LogP contribution in [-0.4, -0.2) is 64.0 Å². The van der Waals surface area contributed by atoms with Gasteiger partial charge in [-0.05, 0) is 6.92 Å². The average molecular weight is 381 g/mol. The quantitative estimate of drug-likeness (QED) is 0.527. The second-order valence-corrected chi connectivity index (χ2v) is 7.98. The molecule has 1 fully saturated rings. The highest BCUT2D eigenvalue weighted by Gasteiger charge is 2.44. The van der Waals surface area contributed by atoms with Gasteiger partial charge < -0.3 is 20.7 Å². The lowest BCUT2D eigenvalue weighted by molar-refractivity contribution is -0.0289. The Hall–Kier alpha value is -1.86. The monoisotopic (exact) mass is 381 g/mol. The highest BCUT2D eigenvalue weighted by Crippen LogP contribution is 2.34. The number of hydrogen-bond donors (Lipinski definition) is 3. The molecule has 0 unspecified atom stereocenters. The van der Waals surface area contributed by atoms with Gasteiger partial charge in [-0.25, -0.2) is 15.0 Å². The predicted octanol–water partition coefficient (Wildman–Crippen LogP) is -0.0201. The number of hydrogen-bond acceptors (Lipinski definition) is 11. The molecule has 1 aliphatic heterocycles. The summed E-state index contributed by atoms with van der Waals surface area (Å²) in [6, 6.07) is 0. The molecule has 132 valence electrons. The third kappa shape index (κ3) is 2.95. The topological polar surface area (TPSA) is 145 Å². The summed E-state index contributed by atoms with van der Waals surface area (Å²) in [5, 5.41) is 29.6. The molecule has 0 bridgehead atoms. The van der Waals surface area contributed by atoms with E-state index in [2.05, 4.69) is 25.1 Å². The predicted molar refractivity (Wildman–Crippen MR) is 91.0 cm³/mol. The fourth-order valence-corrected chi connectivity index (χ4v) is 4.54. The molecule has 0 saturated carbocycles. The van der Waals surface area contributed by atoms with Gasteiger partial charge in [0.05, 0.1) is 12.4 Å². The van der Waals surface area contributed by atoms with Crippen LogP contribution < -0.4 is 5.73 Å². The number of imidazole rings is 1. The summed E-state index contributed by atoms with van der Waals surface area (Å²) in [5.41, 5.74) is 6.64. The Morgan fingerprint density at radius 2 is 2.12 bits per heavy atom. The zero-order valence-corrected chi connectivity index (χ0v) is 14.7. The molecule has 4 rings (SSSR count). The first-order valence-corrected chi connectivity index (χ1v) is 9.22. The van der Waals surface area contributed by atoms with Crippen molar-refractivity contribution in [3.8, 4) is 0 Å². The van der Waals surface area contributed by atoms with Crippen LogP contribution in [0.2, 0.25) is 0 Å². The van der Waals surface area contributed by atoms with Gasteiger partial charge in [0.25, 0.3) is 0 Å². The minimum atomic E-state index is -1.12. The molecular weight excluding hydrogens is 366 g/mol. The van der Waals surface area contributed by atoms with Gasteiger partial charge in [0.2, 0.25) is 0 Å². The zero-order valence-electron chi connectivity index (χ0n) is 13.1. The highest BCUT2D eigenvalue weighted by molar-refractivity contribution is 8.01. The van der Waals surface area contributed by atoms with Gasteiger partial charge in [-0.15, -0.1) is 10.2 Å². The lowest BCUT2D eigenvalue weighted by Gasteiger charge is -2.16. The second kappa shape index (κ2) is 6.46. The van der Waals surface area contributed by atoms with Crippen LogP contribution in [0.1, 0.15) is 11.2 Å². The molecule has 1 saturated heterocycles. The maximum Gasteiger partial charge on any atom is 0.174 e. The fourth-order valence-electron chi connectivity index (χ4n) is 2.64. The van der Waals surface area contributed by atoms with Crippen LogP contribution in [0.3, 0.4) is 0 Å². The summed E-state index contributed by atoms with van der Waals surface area (Å²) < 4.78 is 8.21. The summed E-state index contributed by atoms with van der Waals surface area (Å²) in [4.78, 5) is 12.2. The fraction of sp³-hybridized carbons (Fsp3) is 0.462. The standard InChI is InChI=1S/C13H15N7O3S2/c1-5-18-19-13(25-5)24-2-6-8(21)9(22)12(23-6)20-4-17-7-10(14)15-3-16-11(7)20/h3-4,6,8-9,12,21-22H,2H2,1H3,(H2,14,15,16)/t6-,8-,9-,12-/m1/s1. The number of rotatable bonds is 4. The van der Waals surface area contributed by atoms with Crippen molar-refractivity contribution in [3.63, 3.8) is 0 Å². The van der Waals surface area contributed by atoms with Gasteiger partial charge in [-0.1, -0.05) is 23.1 Å². The number of aliphatic hydroxyl groups excluding tert-OH is 2. The van der Waals surface area contributed by atoms with E-state index in [1.54, 1.807) is 4.57 Å². The van der Waals surface area contributed by atoms with E-state index in [1.165, 1.54) is 35.8 Å². The smallest absolute Gasteiger partial charge is 0.174 e. The van der Waals surface area contributed by atoms with Crippen molar-refractivity contribution in [1.29, 1.82) is 0 Å². The molecule has 0 amide bonds. The van der Waals surface area contributed by atoms with Crippen molar-refractivity contribution in [3.05, 3.63) is 17.7 Å². The van der Waals surface area contributed by atoms with Crippen LogP contribution >= 0.6 is 23.1 Å². The summed E-state index contributed by atoms with van der Waals surface area (Å²) in [6.45, 7) is 1.88. The first-order chi connectivity index (χ1) is 12.0. The van der Waals surface area contributed by atoms with Crippen molar-refractivity contribution in [2.75, 3.05) is 11.5 Å². The highest BCUT2D eigenvalue weighted by atomic mass is 32.2. The first kappa shape index (κ1) is 16.6. The molecule has 4 atom stereocenters. The number of nitrogen functional groups attached to an aromatic ring is 1. The molecule has 4 N–H and O–H groups in total. The number of aromatic nitrogens is 6. The molecule has 3 aromatic heterocycles. The molecule has 0 spiro atoms. The summed E-state index contributed by atoms with van der Waals surface area (Å²) in [7, 11) is 0. The lowest BCUT2D eigenvalue weighted by Crippen LogP contribution is -2.32. The minimum absolute atomic E-state index is 0.246. The minimum Gasteiger partial charge on any atom is -0.387 e. The summed E-state index contributed by atoms with van der Waals surface area (Å²) >= 11 is 2.90. The Morgan fingerprint density at radius 1 is 1.28 bits per heavy atom. The summed E-state index contributed by atoms with van der Waals surface area (Å²) in [5.74, 6) is 0.683. The van der Waals surface area contributed by atoms with Crippen LogP contribution in [-0.2, 0) is 4.74 Å². The van der Waals surface area contributed by atoms with E-state index in [-0.39, 0.29) is 5.82 Å². The molecule has 0 radical (unpaired) electrons. The van der Waals surface area contributed by atoms with Crippen molar-refractivity contribution in [1.82, 2.24) is 29.7 Å². The Balaban J connectivity index is 1.54. The Labute approximate surface area is 150 Å². The second-order valence-electron chi connectivity index (χ2n) is 5.53. The molecule has 10 nitrogen and oxygen atoms in total. The number of aliphatic hydroxyl groups is 2. The van der Waals surface area contributed by atoms with Crippen molar-refractivity contribution < 1.29 is 14.9 Å². The number of thioether (sulfide) groups is 1. The van der Waals surface area contributed by atoms with Crippen LogP contribution in [0.25, 0.3) is 11.2 Å². The normalized spacial score (nSPS) is 26.5. The van der Waals surface area contributed by atoms with E-state index in [0.29, 0.717) is 16.9 Å². The number of ether oxygens (including phenoxy) is 1. The van der Waals surface area contributed by atoms with Gasteiger partial charge >= 0.3 is 0 Å². The van der Waals surface area contributed by atoms with Crippen LogP contribution in [0.15, 0.2) is 17.0 Å². The molecule has 4 heterocycles. The van der Waals surface area contributed by atoms with Gasteiger partial charge in [-0.3, -0.25) is 4.57 Å². The maximum atomic E-state index is 10.4. The van der Waals surface area contributed by atoms with E-state index in [9.17, 15) is 10.2 Å². The van der Waals surface area contributed by atoms with Crippen LogP contribution in [0.5, 0.6) is 0 Å². The Morgan fingerprint density at radius 3 is 2.88 bits per heavy atom. The van der Waals surface area contributed by atoms with Gasteiger partial charge in [-0.2, -0.15) is 0 Å². The number of anilines is 1. The third-order valence-electron chi connectivity index (χ3n) is 3.88. The molecule has 3 aromatic rings. The van der Waals surface area contributed by atoms with Gasteiger partial charge in [0.1, 0.15) is 29.1 Å². The molecule has 25 heavy (non-hydrogen) atoms. The average Bonchev–Trinajstić information content (AvgIpc) is 3.27. The third-order valence-corrected chi connectivity index (χ3v) is 5.94. The molecule has 1 aliphatic rings. The van der Waals surface area contributed by atoms with Crippen molar-refractivity contribution >= 4 is 40.1 Å². The van der Waals surface area contributed by atoms with Crippen molar-refractivity contribution in [2.45, 2.75) is 35.8 Å². The van der Waals surface area contributed by atoms with E-state index in [4.69, 9.17) is 10.5 Å². The first-order valence-electron chi connectivity index (χ1n) is 7.42.